The molecule has 2 fully saturated rings. The van der Waals surface area contributed by atoms with Crippen LogP contribution in [-0.4, -0.2) is 96.4 Å². The van der Waals surface area contributed by atoms with E-state index in [1.165, 1.54) is 11.1 Å². The number of aliphatic hydroxyl groups excluding tert-OH is 1. The molecule has 12 heteroatoms. The van der Waals surface area contributed by atoms with E-state index < -0.39 is 34.8 Å². The second kappa shape index (κ2) is 11.9. The van der Waals surface area contributed by atoms with Crippen LogP contribution in [0.25, 0.3) is 0 Å². The van der Waals surface area contributed by atoms with E-state index in [2.05, 4.69) is 5.32 Å². The van der Waals surface area contributed by atoms with Crippen LogP contribution in [-0.2, 0) is 15.8 Å². The highest BCUT2D eigenvalue weighted by atomic mass is 32.2. The average molecular weight is 603 g/mol. The zero-order valence-corrected chi connectivity index (χ0v) is 24.3. The number of alkyl halides is 2. The second-order valence-electron chi connectivity index (χ2n) is 11.5. The number of nitrogens with one attached hydrogen (secondary N) is 1. The Balaban J connectivity index is 0.000000151. The third kappa shape index (κ3) is 5.77. The van der Waals surface area contributed by atoms with Gasteiger partial charge < -0.3 is 29.7 Å². The van der Waals surface area contributed by atoms with Gasteiger partial charge in [0.1, 0.15) is 24.2 Å². The summed E-state index contributed by atoms with van der Waals surface area (Å²) in [6.45, 7) is 6.87. The zero-order valence-electron chi connectivity index (χ0n) is 23.5. The van der Waals surface area contributed by atoms with Crippen LogP contribution in [0.15, 0.2) is 58.5 Å². The van der Waals surface area contributed by atoms with Crippen molar-refractivity contribution in [2.45, 2.75) is 23.8 Å². The van der Waals surface area contributed by atoms with Crippen molar-refractivity contribution in [3.8, 4) is 11.5 Å². The van der Waals surface area contributed by atoms with Gasteiger partial charge in [-0.2, -0.15) is 0 Å². The fraction of sp³-hybridized carbons (Fsp3) is 0.500. The molecule has 9 nitrogen and oxygen atoms in total. The summed E-state index contributed by atoms with van der Waals surface area (Å²) in [4.78, 5) is 15.3. The second-order valence-corrected chi connectivity index (χ2v) is 13.0. The maximum absolute atomic E-state index is 14.1. The first kappa shape index (κ1) is 29.0. The molecule has 5 heterocycles. The standard InChI is InChI=1S/C15H20F2N2O.C15H16N2O4S/c1-10(20)11-3-2-4-14(5-11)19-8-12-6-18-7-13(9-19)15(12,16)17;18-10-16-6-11-8-17(9-12(11)7-16)22(19)13-1-2-14-15(5-13)21-4-3-20-14/h2-5,10,12-13,18,20H,6-9H2,1H3;1-2,5,10H,3-4,6-9H2. The molecule has 2 aromatic carbocycles. The number of carbonyl (C=O) groups is 1. The van der Waals surface area contributed by atoms with Crippen LogP contribution < -0.4 is 19.7 Å². The molecule has 42 heavy (non-hydrogen) atoms. The maximum Gasteiger partial charge on any atom is 0.259 e. The number of amides is 1. The minimum absolute atomic E-state index is 0.361. The number of aliphatic hydroxyl groups is 1. The van der Waals surface area contributed by atoms with Crippen molar-refractivity contribution in [1.29, 1.82) is 0 Å². The number of carbonyl (C=O) groups excluding carboxylic acids is 1. The summed E-state index contributed by atoms with van der Waals surface area (Å²) in [5.41, 5.74) is 4.19. The van der Waals surface area contributed by atoms with Crippen molar-refractivity contribution >= 4 is 23.1 Å². The lowest BCUT2D eigenvalue weighted by Gasteiger charge is -2.48. The van der Waals surface area contributed by atoms with Crippen LogP contribution in [0.1, 0.15) is 18.6 Å². The Kier molecular flexibility index (Phi) is 8.23. The molecule has 2 bridgehead atoms. The van der Waals surface area contributed by atoms with Gasteiger partial charge in [0.15, 0.2) is 11.5 Å². The molecule has 0 aliphatic carbocycles. The first-order valence-electron chi connectivity index (χ1n) is 14.3. The van der Waals surface area contributed by atoms with Crippen molar-refractivity contribution in [1.82, 2.24) is 14.5 Å². The molecule has 5 aliphatic heterocycles. The van der Waals surface area contributed by atoms with E-state index in [-0.39, 0.29) is 0 Å². The highest BCUT2D eigenvalue weighted by Gasteiger charge is 2.53. The Bertz CT molecular complexity index is 1360. The van der Waals surface area contributed by atoms with Crippen molar-refractivity contribution < 1.29 is 32.4 Å². The lowest BCUT2D eigenvalue weighted by molar-refractivity contribution is -0.130. The predicted molar refractivity (Wildman–Crippen MR) is 154 cm³/mol. The minimum atomic E-state index is -2.57. The van der Waals surface area contributed by atoms with Crippen molar-refractivity contribution in [2.24, 2.45) is 11.8 Å². The first-order chi connectivity index (χ1) is 20.2. The molecule has 0 saturated carbocycles. The Morgan fingerprint density at radius 3 is 2.31 bits per heavy atom. The third-order valence-electron chi connectivity index (χ3n) is 8.59. The molecule has 0 aromatic heterocycles. The number of rotatable bonds is 5. The van der Waals surface area contributed by atoms with Gasteiger partial charge in [-0.05, 0) is 47.9 Å². The molecule has 5 aliphatic rings. The highest BCUT2D eigenvalue weighted by molar-refractivity contribution is 7.82. The topological polar surface area (TPSA) is 94.6 Å². The van der Waals surface area contributed by atoms with E-state index >= 15 is 0 Å². The van der Waals surface area contributed by atoms with Gasteiger partial charge in [-0.25, -0.2) is 17.3 Å². The summed E-state index contributed by atoms with van der Waals surface area (Å²) in [6.07, 6.45) is 0.336. The number of hydrogen-bond donors (Lipinski definition) is 2. The van der Waals surface area contributed by atoms with Crippen molar-refractivity contribution in [3.63, 3.8) is 0 Å². The summed E-state index contributed by atoms with van der Waals surface area (Å²) in [6, 6.07) is 13.0. The number of anilines is 1. The zero-order chi connectivity index (χ0) is 29.4. The number of nitrogens with zero attached hydrogens (tertiary/aromatic N) is 3. The number of fused-ring (bicyclic) bond motifs is 3. The molecule has 0 spiro atoms. The molecule has 2 N–H and O–H groups in total. The monoisotopic (exact) mass is 602 g/mol. The number of benzene rings is 2. The molecule has 0 radical (unpaired) electrons. The van der Waals surface area contributed by atoms with Gasteiger partial charge in [0, 0.05) is 64.1 Å². The number of halogens is 2. The van der Waals surface area contributed by atoms with Gasteiger partial charge in [-0.15, -0.1) is 0 Å². The van der Waals surface area contributed by atoms with Crippen molar-refractivity contribution in [2.75, 3.05) is 70.5 Å². The molecule has 4 atom stereocenters. The number of ether oxygens (including phenoxy) is 2. The Morgan fingerprint density at radius 1 is 1.00 bits per heavy atom. The van der Waals surface area contributed by atoms with Gasteiger partial charge in [0.2, 0.25) is 6.41 Å². The number of piperidine rings is 2. The minimum Gasteiger partial charge on any atom is -0.486 e. The van der Waals surface area contributed by atoms with Crippen molar-refractivity contribution in [3.05, 3.63) is 59.2 Å². The largest absolute Gasteiger partial charge is 0.486 e. The quantitative estimate of drug-likeness (QED) is 0.402. The van der Waals surface area contributed by atoms with Crippen LogP contribution in [0.5, 0.6) is 11.5 Å². The van der Waals surface area contributed by atoms with Crippen LogP contribution in [0.4, 0.5) is 14.5 Å². The summed E-state index contributed by atoms with van der Waals surface area (Å²) in [7, 11) is -1.23. The van der Waals surface area contributed by atoms with Crippen LogP contribution >= 0.6 is 0 Å². The summed E-state index contributed by atoms with van der Waals surface area (Å²) < 4.78 is 53.9. The molecule has 226 valence electrons. The SMILES string of the molecule is CC(O)c1cccc(N2CC3CNCC(C2)C3(F)F)c1.O=CN1CC2=C(C1)CN(S(=O)c1ccc3c(c1)OCCO3)C2. The number of hydrogen-bond acceptors (Lipinski definition) is 7. The smallest absolute Gasteiger partial charge is 0.259 e. The highest BCUT2D eigenvalue weighted by Crippen LogP contribution is 2.41. The summed E-state index contributed by atoms with van der Waals surface area (Å²) in [5.74, 6) is -2.47. The van der Waals surface area contributed by atoms with Gasteiger partial charge in [0.05, 0.1) is 22.8 Å². The summed E-state index contributed by atoms with van der Waals surface area (Å²) >= 11 is 0. The van der Waals surface area contributed by atoms with Crippen LogP contribution in [0, 0.1) is 11.8 Å². The fourth-order valence-electron chi connectivity index (χ4n) is 6.26. The Hall–Kier alpha value is -3.06. The normalized spacial score (nSPS) is 25.8. The first-order valence-corrected chi connectivity index (χ1v) is 15.4. The molecule has 7 rings (SSSR count). The van der Waals surface area contributed by atoms with Gasteiger partial charge >= 0.3 is 0 Å². The molecular weight excluding hydrogens is 566 g/mol. The molecule has 2 saturated heterocycles. The third-order valence-corrected chi connectivity index (χ3v) is 9.98. The van der Waals surface area contributed by atoms with Gasteiger partial charge in [-0.1, -0.05) is 12.1 Å². The molecular formula is C30H36F2N4O5S. The van der Waals surface area contributed by atoms with Crippen LogP contribution in [0.3, 0.4) is 0 Å². The van der Waals surface area contributed by atoms with E-state index in [9.17, 15) is 22.9 Å². The lowest BCUT2D eigenvalue weighted by Crippen LogP contribution is -2.62. The van der Waals surface area contributed by atoms with E-state index in [4.69, 9.17) is 9.47 Å². The van der Waals surface area contributed by atoms with E-state index in [0.717, 1.165) is 22.6 Å². The van der Waals surface area contributed by atoms with Crippen LogP contribution in [0.2, 0.25) is 0 Å². The van der Waals surface area contributed by atoms with E-state index in [1.54, 1.807) is 17.9 Å². The lowest BCUT2D eigenvalue weighted by atomic mass is 9.81. The molecule has 4 unspecified atom stereocenters. The predicted octanol–water partition coefficient (Wildman–Crippen LogP) is 2.60. The van der Waals surface area contributed by atoms with Gasteiger partial charge in [-0.3, -0.25) is 4.79 Å². The average Bonchev–Trinajstić information content (AvgIpc) is 3.56. The fourth-order valence-corrected chi connectivity index (χ4v) is 7.49. The van der Waals surface area contributed by atoms with Gasteiger partial charge in [0.25, 0.3) is 5.92 Å². The molecule has 1 amide bonds. The Morgan fingerprint density at radius 2 is 1.67 bits per heavy atom. The Labute approximate surface area is 246 Å². The van der Waals surface area contributed by atoms with E-state index in [1.807, 2.05) is 45.6 Å². The summed E-state index contributed by atoms with van der Waals surface area (Å²) in [5, 5.41) is 12.7. The van der Waals surface area contributed by atoms with E-state index in [0.29, 0.717) is 77.1 Å². The molecule has 2 aromatic rings. The maximum atomic E-state index is 14.1.